The van der Waals surface area contributed by atoms with Gasteiger partial charge in [0.2, 0.25) is 0 Å². The topological polar surface area (TPSA) is 93.1 Å². The molecule has 0 bridgehead atoms. The summed E-state index contributed by atoms with van der Waals surface area (Å²) in [5, 5.41) is 19.4. The van der Waals surface area contributed by atoms with Crippen LogP contribution < -0.4 is 4.74 Å². The van der Waals surface area contributed by atoms with Gasteiger partial charge in [-0.25, -0.2) is 9.59 Å². The Morgan fingerprint density at radius 2 is 1.48 bits per heavy atom. The van der Waals surface area contributed by atoms with Gasteiger partial charge in [0.1, 0.15) is 11.9 Å². The molecule has 8 heteroatoms. The van der Waals surface area contributed by atoms with Crippen molar-refractivity contribution in [2.75, 3.05) is 0 Å². The minimum Gasteiger partial charge on any atom is -0.479 e. The molecule has 29 heavy (non-hydrogen) atoms. The quantitative estimate of drug-likeness (QED) is 0.596. The number of carboxylic acid groups (broad SMARTS) is 2. The Bertz CT molecular complexity index is 907. The molecule has 0 saturated carbocycles. The van der Waals surface area contributed by atoms with E-state index in [9.17, 15) is 19.8 Å². The number of carboxylic acids is 2. The molecule has 2 rings (SSSR count). The number of rotatable bonds is 8. The first-order valence-corrected chi connectivity index (χ1v) is 9.60. The average Bonchev–Trinajstić information content (AvgIpc) is 2.60. The van der Waals surface area contributed by atoms with E-state index in [0.717, 1.165) is 5.56 Å². The maximum absolute atomic E-state index is 11.4. The predicted octanol–water partition coefficient (Wildman–Crippen LogP) is 5.04. The van der Waals surface area contributed by atoms with Gasteiger partial charge in [-0.1, -0.05) is 29.3 Å². The van der Waals surface area contributed by atoms with E-state index < -0.39 is 30.3 Å². The Labute approximate surface area is 179 Å². The molecule has 0 aliphatic heterocycles. The Balaban J connectivity index is 2.68. The lowest BCUT2D eigenvalue weighted by atomic mass is 9.96. The first-order valence-electron chi connectivity index (χ1n) is 8.84. The smallest absolute Gasteiger partial charge is 0.344 e. The van der Waals surface area contributed by atoms with Crippen LogP contribution >= 0.6 is 23.2 Å². The fraction of sp³-hybridized carbons (Fsp3) is 0.333. The van der Waals surface area contributed by atoms with Crippen molar-refractivity contribution in [1.82, 2.24) is 0 Å². The highest BCUT2D eigenvalue weighted by molar-refractivity contribution is 6.31. The van der Waals surface area contributed by atoms with Crippen molar-refractivity contribution in [2.24, 2.45) is 0 Å². The molecule has 0 saturated heterocycles. The minimum atomic E-state index is -1.15. The Morgan fingerprint density at radius 3 is 2.03 bits per heavy atom. The molecular weight excluding hydrogens is 419 g/mol. The summed E-state index contributed by atoms with van der Waals surface area (Å²) in [7, 11) is 0. The predicted molar refractivity (Wildman–Crippen MR) is 110 cm³/mol. The van der Waals surface area contributed by atoms with Crippen molar-refractivity contribution in [2.45, 2.75) is 46.0 Å². The van der Waals surface area contributed by atoms with Crippen LogP contribution in [0.3, 0.4) is 0 Å². The van der Waals surface area contributed by atoms with Crippen LogP contribution in [-0.4, -0.2) is 34.4 Å². The third-order valence-corrected chi connectivity index (χ3v) is 4.68. The van der Waals surface area contributed by atoms with E-state index in [1.165, 1.54) is 13.8 Å². The van der Waals surface area contributed by atoms with Crippen LogP contribution in [0.4, 0.5) is 0 Å². The van der Waals surface area contributed by atoms with Gasteiger partial charge in [-0.05, 0) is 68.7 Å². The van der Waals surface area contributed by atoms with Gasteiger partial charge in [0.15, 0.2) is 12.2 Å². The number of carbonyl (C=O) groups is 2. The average molecular weight is 441 g/mol. The molecule has 0 radical (unpaired) electrons. The zero-order chi connectivity index (χ0) is 21.9. The standard InChI is InChI=1S/C21H22Cl2O6/c1-10-5-14(8-15(22)6-10)19(29-13(4)21(26)27)17-9-16(23)7-11(2)18(17)28-12(3)20(24)25/h5-9,12-13,19H,1-4H3,(H,24,25)(H,26,27). The zero-order valence-corrected chi connectivity index (χ0v) is 17.9. The molecular formula is C21H22Cl2O6. The second-order valence-electron chi connectivity index (χ2n) is 6.80. The lowest BCUT2D eigenvalue weighted by molar-refractivity contribution is -0.151. The van der Waals surface area contributed by atoms with Crippen LogP contribution in [-0.2, 0) is 14.3 Å². The number of benzene rings is 2. The van der Waals surface area contributed by atoms with Crippen LogP contribution in [0.2, 0.25) is 10.0 Å². The number of aliphatic carboxylic acids is 2. The summed E-state index contributed by atoms with van der Waals surface area (Å²) in [6.07, 6.45) is -3.18. The third kappa shape index (κ3) is 5.85. The van der Waals surface area contributed by atoms with Crippen molar-refractivity contribution >= 4 is 35.1 Å². The van der Waals surface area contributed by atoms with Crippen molar-refractivity contribution in [3.63, 3.8) is 0 Å². The van der Waals surface area contributed by atoms with E-state index in [-0.39, 0.29) is 5.75 Å². The Hall–Kier alpha value is -2.28. The Kier molecular flexibility index (Phi) is 7.52. The fourth-order valence-corrected chi connectivity index (χ4v) is 3.43. The maximum atomic E-state index is 11.4. The molecule has 0 spiro atoms. The van der Waals surface area contributed by atoms with E-state index in [2.05, 4.69) is 0 Å². The molecule has 3 atom stereocenters. The van der Waals surface area contributed by atoms with Crippen molar-refractivity contribution in [3.05, 3.63) is 62.6 Å². The van der Waals surface area contributed by atoms with E-state index in [4.69, 9.17) is 32.7 Å². The number of hydrogen-bond acceptors (Lipinski definition) is 4. The molecule has 0 fully saturated rings. The van der Waals surface area contributed by atoms with Crippen LogP contribution in [0.5, 0.6) is 5.75 Å². The maximum Gasteiger partial charge on any atom is 0.344 e. The second kappa shape index (κ2) is 9.48. The zero-order valence-electron chi connectivity index (χ0n) is 16.4. The summed E-state index contributed by atoms with van der Waals surface area (Å²) in [4.78, 5) is 22.7. The van der Waals surface area contributed by atoms with Gasteiger partial charge in [0, 0.05) is 15.6 Å². The fourth-order valence-electron chi connectivity index (χ4n) is 2.85. The van der Waals surface area contributed by atoms with Gasteiger partial charge in [-0.2, -0.15) is 0 Å². The van der Waals surface area contributed by atoms with Gasteiger partial charge in [0.25, 0.3) is 0 Å². The molecule has 156 valence electrons. The summed E-state index contributed by atoms with van der Waals surface area (Å²) in [5.41, 5.74) is 2.45. The summed E-state index contributed by atoms with van der Waals surface area (Å²) >= 11 is 12.4. The first kappa shape index (κ1) is 23.0. The van der Waals surface area contributed by atoms with E-state index >= 15 is 0 Å². The number of aryl methyl sites for hydroxylation is 2. The molecule has 0 heterocycles. The van der Waals surface area contributed by atoms with Crippen molar-refractivity contribution in [3.8, 4) is 5.75 Å². The molecule has 0 aliphatic carbocycles. The molecule has 0 amide bonds. The van der Waals surface area contributed by atoms with Crippen LogP contribution in [0.15, 0.2) is 30.3 Å². The summed E-state index contributed by atoms with van der Waals surface area (Å²) in [6.45, 7) is 6.38. The lowest BCUT2D eigenvalue weighted by Gasteiger charge is -2.26. The number of ether oxygens (including phenoxy) is 2. The van der Waals surface area contributed by atoms with E-state index in [1.807, 2.05) is 13.0 Å². The molecule has 2 aromatic carbocycles. The van der Waals surface area contributed by atoms with Gasteiger partial charge >= 0.3 is 11.9 Å². The highest BCUT2D eigenvalue weighted by atomic mass is 35.5. The number of hydrogen-bond donors (Lipinski definition) is 2. The highest BCUT2D eigenvalue weighted by Gasteiger charge is 2.28. The Morgan fingerprint density at radius 1 is 0.897 bits per heavy atom. The first-order chi connectivity index (χ1) is 13.5. The molecule has 3 unspecified atom stereocenters. The summed E-state index contributed by atoms with van der Waals surface area (Å²) < 4.78 is 11.5. The van der Waals surface area contributed by atoms with Crippen LogP contribution in [0.1, 0.15) is 42.2 Å². The minimum absolute atomic E-state index is 0.268. The van der Waals surface area contributed by atoms with Gasteiger partial charge in [0.05, 0.1) is 0 Å². The number of halogens is 2. The van der Waals surface area contributed by atoms with E-state index in [1.54, 1.807) is 31.2 Å². The van der Waals surface area contributed by atoms with Crippen molar-refractivity contribution < 1.29 is 29.3 Å². The van der Waals surface area contributed by atoms with Crippen molar-refractivity contribution in [1.29, 1.82) is 0 Å². The van der Waals surface area contributed by atoms with Gasteiger partial charge in [-0.3, -0.25) is 0 Å². The largest absolute Gasteiger partial charge is 0.479 e. The summed E-state index contributed by atoms with van der Waals surface area (Å²) in [6, 6.07) is 8.44. The normalized spacial score (nSPS) is 14.1. The molecule has 6 nitrogen and oxygen atoms in total. The van der Waals surface area contributed by atoms with Crippen LogP contribution in [0.25, 0.3) is 0 Å². The van der Waals surface area contributed by atoms with Crippen LogP contribution in [0, 0.1) is 13.8 Å². The third-order valence-electron chi connectivity index (χ3n) is 4.25. The lowest BCUT2D eigenvalue weighted by Crippen LogP contribution is -2.26. The second-order valence-corrected chi connectivity index (χ2v) is 7.67. The van der Waals surface area contributed by atoms with E-state index in [0.29, 0.717) is 26.7 Å². The molecule has 2 aromatic rings. The molecule has 0 aliphatic rings. The van der Waals surface area contributed by atoms with Gasteiger partial charge in [-0.15, -0.1) is 0 Å². The molecule has 0 aromatic heterocycles. The molecule has 2 N–H and O–H groups in total. The monoisotopic (exact) mass is 440 g/mol. The van der Waals surface area contributed by atoms with Gasteiger partial charge < -0.3 is 19.7 Å². The summed E-state index contributed by atoms with van der Waals surface area (Å²) in [5.74, 6) is -2.02. The highest BCUT2D eigenvalue weighted by Crippen LogP contribution is 2.39. The SMILES string of the molecule is Cc1cc(Cl)cc(C(OC(C)C(=O)O)c2cc(Cl)cc(C)c2OC(C)C(=O)O)c1.